The number of hydrogen-bond acceptors (Lipinski definition) is 5. The summed E-state index contributed by atoms with van der Waals surface area (Å²) in [6, 6.07) is 6.99. The van der Waals surface area contributed by atoms with Crippen LogP contribution in [0.5, 0.6) is 0 Å². The van der Waals surface area contributed by atoms with E-state index in [4.69, 9.17) is 10.5 Å². The number of benzene rings is 1. The van der Waals surface area contributed by atoms with E-state index in [1.807, 2.05) is 17.0 Å². The monoisotopic (exact) mass is 309 g/mol. The predicted octanol–water partition coefficient (Wildman–Crippen LogP) is 0.575. The first-order valence-electron chi connectivity index (χ1n) is 7.13. The van der Waals surface area contributed by atoms with Crippen molar-refractivity contribution >= 4 is 15.9 Å². The molecule has 1 fully saturated rings. The average molecular weight is 309 g/mol. The Kier molecular flexibility index (Phi) is 3.97. The van der Waals surface area contributed by atoms with E-state index in [0.29, 0.717) is 29.4 Å². The average Bonchev–Trinajstić information content (AvgIpc) is 2.78. The maximum absolute atomic E-state index is 12.1. The number of ether oxygens (including phenoxy) is 1. The van der Waals surface area contributed by atoms with Crippen molar-refractivity contribution < 1.29 is 13.2 Å². The second-order valence-electron chi connectivity index (χ2n) is 5.23. The summed E-state index contributed by atoms with van der Waals surface area (Å²) in [5.74, 6) is 0.572. The molecule has 2 N–H and O–H groups in total. The molecule has 1 aromatic carbocycles. The molecule has 0 aliphatic carbocycles. The summed E-state index contributed by atoms with van der Waals surface area (Å²) in [7, 11) is -3.53. The summed E-state index contributed by atoms with van der Waals surface area (Å²) in [5, 5.41) is 0. The van der Waals surface area contributed by atoms with Crippen molar-refractivity contribution in [3.05, 3.63) is 29.8 Å². The minimum atomic E-state index is -3.53. The van der Waals surface area contributed by atoms with E-state index in [0.717, 1.165) is 25.9 Å². The van der Waals surface area contributed by atoms with E-state index < -0.39 is 10.0 Å². The maximum atomic E-state index is 12.1. The van der Waals surface area contributed by atoms with Crippen molar-refractivity contribution in [3.8, 4) is 0 Å². The number of amidine groups is 1. The molecular formula is C14H19N3O3S. The van der Waals surface area contributed by atoms with Crippen LogP contribution in [0.3, 0.4) is 0 Å². The molecular weight excluding hydrogens is 290 g/mol. The fourth-order valence-corrected chi connectivity index (χ4v) is 4.01. The third-order valence-electron chi connectivity index (χ3n) is 3.83. The minimum absolute atomic E-state index is 0.207. The standard InChI is InChI=1S/C14H19N3O3S/c15-7-10-20-11-5-8-17(9-6-11)14-12-3-1-2-4-13(12)21(18,19)16-14/h1-4,11H,5-10,15H2. The van der Waals surface area contributed by atoms with E-state index in [1.165, 1.54) is 0 Å². The normalized spacial score (nSPS) is 21.2. The zero-order valence-corrected chi connectivity index (χ0v) is 12.6. The third kappa shape index (κ3) is 2.81. The number of piperidine rings is 1. The highest BCUT2D eigenvalue weighted by Crippen LogP contribution is 2.28. The van der Waals surface area contributed by atoms with Crippen molar-refractivity contribution in [1.82, 2.24) is 4.90 Å². The molecule has 1 aromatic rings. The summed E-state index contributed by atoms with van der Waals surface area (Å²) in [4.78, 5) is 2.34. The second-order valence-corrected chi connectivity index (χ2v) is 6.80. The quantitative estimate of drug-likeness (QED) is 0.882. The van der Waals surface area contributed by atoms with Crippen LogP contribution in [0, 0.1) is 0 Å². The van der Waals surface area contributed by atoms with Crippen molar-refractivity contribution in [1.29, 1.82) is 0 Å². The molecule has 21 heavy (non-hydrogen) atoms. The Balaban J connectivity index is 1.75. The fraction of sp³-hybridized carbons (Fsp3) is 0.500. The van der Waals surface area contributed by atoms with Crippen LogP contribution in [0.25, 0.3) is 0 Å². The number of sulfonamides is 1. The van der Waals surface area contributed by atoms with Gasteiger partial charge in [0.1, 0.15) is 4.90 Å². The van der Waals surface area contributed by atoms with Gasteiger partial charge in [-0.05, 0) is 25.0 Å². The van der Waals surface area contributed by atoms with Crippen LogP contribution < -0.4 is 5.73 Å². The summed E-state index contributed by atoms with van der Waals surface area (Å²) in [6.07, 6.45) is 1.93. The number of fused-ring (bicyclic) bond motifs is 1. The summed E-state index contributed by atoms with van der Waals surface area (Å²) in [5.41, 5.74) is 6.14. The van der Waals surface area contributed by atoms with Crippen LogP contribution in [0.4, 0.5) is 0 Å². The molecule has 0 amide bonds. The van der Waals surface area contributed by atoms with Crippen LogP contribution in [-0.2, 0) is 14.8 Å². The second kappa shape index (κ2) is 5.75. The van der Waals surface area contributed by atoms with E-state index >= 15 is 0 Å². The Labute approximate surface area is 124 Å². The van der Waals surface area contributed by atoms with Gasteiger partial charge in [-0.2, -0.15) is 8.42 Å². The highest BCUT2D eigenvalue weighted by atomic mass is 32.2. The summed E-state index contributed by atoms with van der Waals surface area (Å²) >= 11 is 0. The summed E-state index contributed by atoms with van der Waals surface area (Å²) in [6.45, 7) is 2.59. The number of nitrogens with two attached hydrogens (primary N) is 1. The van der Waals surface area contributed by atoms with Gasteiger partial charge in [-0.3, -0.25) is 0 Å². The highest BCUT2D eigenvalue weighted by Gasteiger charge is 2.33. The molecule has 0 radical (unpaired) electrons. The van der Waals surface area contributed by atoms with E-state index in [-0.39, 0.29) is 6.10 Å². The smallest absolute Gasteiger partial charge is 0.285 e. The van der Waals surface area contributed by atoms with E-state index in [2.05, 4.69) is 4.40 Å². The number of hydrogen-bond donors (Lipinski definition) is 1. The maximum Gasteiger partial charge on any atom is 0.285 e. The minimum Gasteiger partial charge on any atom is -0.377 e. The molecule has 0 atom stereocenters. The van der Waals surface area contributed by atoms with Gasteiger partial charge < -0.3 is 15.4 Å². The molecule has 1 saturated heterocycles. The molecule has 2 heterocycles. The van der Waals surface area contributed by atoms with E-state index in [9.17, 15) is 8.42 Å². The van der Waals surface area contributed by atoms with Gasteiger partial charge in [0.2, 0.25) is 0 Å². The molecule has 0 saturated carbocycles. The highest BCUT2D eigenvalue weighted by molar-refractivity contribution is 7.90. The van der Waals surface area contributed by atoms with Crippen LogP contribution in [-0.4, -0.2) is 51.5 Å². The first-order valence-corrected chi connectivity index (χ1v) is 8.57. The molecule has 2 aliphatic heterocycles. The fourth-order valence-electron chi connectivity index (χ4n) is 2.79. The lowest BCUT2D eigenvalue weighted by atomic mass is 10.1. The Morgan fingerprint density at radius 2 is 2.00 bits per heavy atom. The van der Waals surface area contributed by atoms with Gasteiger partial charge in [0.25, 0.3) is 10.0 Å². The van der Waals surface area contributed by atoms with E-state index in [1.54, 1.807) is 12.1 Å². The van der Waals surface area contributed by atoms with Crippen molar-refractivity contribution in [2.75, 3.05) is 26.2 Å². The molecule has 0 bridgehead atoms. The third-order valence-corrected chi connectivity index (χ3v) is 5.15. The zero-order valence-electron chi connectivity index (χ0n) is 11.7. The van der Waals surface area contributed by atoms with Gasteiger partial charge in [0, 0.05) is 25.2 Å². The molecule has 0 spiro atoms. The molecule has 7 heteroatoms. The van der Waals surface area contributed by atoms with Gasteiger partial charge in [-0.25, -0.2) is 0 Å². The first-order chi connectivity index (χ1) is 10.1. The predicted molar refractivity (Wildman–Crippen MR) is 79.8 cm³/mol. The van der Waals surface area contributed by atoms with Crippen molar-refractivity contribution in [2.45, 2.75) is 23.8 Å². The lowest BCUT2D eigenvalue weighted by molar-refractivity contribution is 0.0239. The lowest BCUT2D eigenvalue weighted by Crippen LogP contribution is -2.41. The first kappa shape index (κ1) is 14.5. The largest absolute Gasteiger partial charge is 0.377 e. The Morgan fingerprint density at radius 3 is 2.71 bits per heavy atom. The molecule has 3 rings (SSSR count). The molecule has 6 nitrogen and oxygen atoms in total. The van der Waals surface area contributed by atoms with Gasteiger partial charge in [0.05, 0.1) is 12.7 Å². The van der Waals surface area contributed by atoms with Crippen LogP contribution in [0.1, 0.15) is 18.4 Å². The number of likely N-dealkylation sites (tertiary alicyclic amines) is 1. The number of rotatable bonds is 3. The molecule has 2 aliphatic rings. The Morgan fingerprint density at radius 1 is 1.29 bits per heavy atom. The van der Waals surface area contributed by atoms with Crippen molar-refractivity contribution in [3.63, 3.8) is 0 Å². The van der Waals surface area contributed by atoms with Crippen molar-refractivity contribution in [2.24, 2.45) is 10.1 Å². The van der Waals surface area contributed by atoms with Crippen LogP contribution in [0.15, 0.2) is 33.6 Å². The van der Waals surface area contributed by atoms with Crippen LogP contribution in [0.2, 0.25) is 0 Å². The molecule has 0 aromatic heterocycles. The van der Waals surface area contributed by atoms with Gasteiger partial charge in [-0.1, -0.05) is 12.1 Å². The molecule has 114 valence electrons. The van der Waals surface area contributed by atoms with Gasteiger partial charge >= 0.3 is 0 Å². The SMILES string of the molecule is NCCOC1CCN(C2=NS(=O)(=O)c3ccccc32)CC1. The number of nitrogens with zero attached hydrogens (tertiary/aromatic N) is 2. The topological polar surface area (TPSA) is 85.0 Å². The van der Waals surface area contributed by atoms with Gasteiger partial charge in [0.15, 0.2) is 5.84 Å². The van der Waals surface area contributed by atoms with Gasteiger partial charge in [-0.15, -0.1) is 4.40 Å². The Hall–Kier alpha value is -1.44. The Bertz CT molecular complexity index is 649. The zero-order chi connectivity index (χ0) is 14.9. The van der Waals surface area contributed by atoms with Crippen LogP contribution >= 0.6 is 0 Å². The lowest BCUT2D eigenvalue weighted by Gasteiger charge is -2.33. The summed E-state index contributed by atoms with van der Waals surface area (Å²) < 4.78 is 33.7. The molecule has 0 unspecified atom stereocenters.